The van der Waals surface area contributed by atoms with Crippen molar-refractivity contribution in [1.82, 2.24) is 20.6 Å². The van der Waals surface area contributed by atoms with Crippen LogP contribution in [0.5, 0.6) is 0 Å². The summed E-state index contributed by atoms with van der Waals surface area (Å²) >= 11 is 0. The van der Waals surface area contributed by atoms with E-state index in [4.69, 9.17) is 5.11 Å². The highest BCUT2D eigenvalue weighted by Gasteiger charge is 2.21. The monoisotopic (exact) mass is 312 g/mol. The highest BCUT2D eigenvalue weighted by atomic mass is 19.3. The number of aromatic nitrogens is 2. The molecule has 1 aliphatic rings. The first-order valence-electron chi connectivity index (χ1n) is 6.95. The van der Waals surface area contributed by atoms with Crippen LogP contribution in [-0.4, -0.2) is 40.2 Å². The molecule has 2 aromatic rings. The van der Waals surface area contributed by atoms with Crippen molar-refractivity contribution in [3.63, 3.8) is 0 Å². The number of halogens is 2. The number of H-pyrrole nitrogens is 1. The van der Waals surface area contributed by atoms with Gasteiger partial charge in [0.1, 0.15) is 0 Å². The summed E-state index contributed by atoms with van der Waals surface area (Å²) in [5, 5.41) is 13.9. The molecule has 1 atom stereocenters. The molecule has 1 aliphatic heterocycles. The number of amides is 1. The van der Waals surface area contributed by atoms with Gasteiger partial charge in [0.2, 0.25) is 5.91 Å². The van der Waals surface area contributed by atoms with E-state index in [-0.39, 0.29) is 11.9 Å². The van der Waals surface area contributed by atoms with Crippen molar-refractivity contribution in [3.8, 4) is 0 Å². The van der Waals surface area contributed by atoms with Crippen LogP contribution in [0, 0.1) is 0 Å². The minimum atomic E-state index is -3.17. The van der Waals surface area contributed by atoms with Gasteiger partial charge < -0.3 is 20.7 Å². The van der Waals surface area contributed by atoms with E-state index in [1.165, 1.54) is 0 Å². The van der Waals surface area contributed by atoms with E-state index in [0.717, 1.165) is 36.0 Å². The van der Waals surface area contributed by atoms with Crippen molar-refractivity contribution in [2.75, 3.05) is 6.54 Å². The third-order valence-electron chi connectivity index (χ3n) is 3.31. The summed E-state index contributed by atoms with van der Waals surface area (Å²) in [6.07, 6.45) is 5.58. The topological polar surface area (TPSA) is 90.0 Å². The Labute approximate surface area is 125 Å². The predicted octanol–water partition coefficient (Wildman–Crippen LogP) is 1.13. The summed E-state index contributed by atoms with van der Waals surface area (Å²) < 4.78 is 19.8. The van der Waals surface area contributed by atoms with Crippen molar-refractivity contribution >= 4 is 16.8 Å². The molecule has 0 bridgehead atoms. The molecule has 4 N–H and O–H groups in total. The van der Waals surface area contributed by atoms with Crippen LogP contribution in [0.25, 0.3) is 10.9 Å². The fourth-order valence-corrected chi connectivity index (χ4v) is 2.34. The lowest BCUT2D eigenvalue weighted by Gasteiger charge is -2.09. The van der Waals surface area contributed by atoms with Crippen LogP contribution in [0.4, 0.5) is 8.78 Å². The molecule has 0 aliphatic carbocycles. The average Bonchev–Trinajstić information content (AvgIpc) is 3.13. The van der Waals surface area contributed by atoms with Crippen molar-refractivity contribution in [3.05, 3.63) is 30.2 Å². The second-order valence-corrected chi connectivity index (χ2v) is 4.90. The van der Waals surface area contributed by atoms with Gasteiger partial charge in [-0.2, -0.15) is 8.78 Å². The molecule has 1 fully saturated rings. The van der Waals surface area contributed by atoms with E-state index in [1.807, 2.05) is 18.3 Å². The smallest absolute Gasteiger partial charge is 0.342 e. The minimum Gasteiger partial charge on any atom is -0.357 e. The van der Waals surface area contributed by atoms with Crippen LogP contribution in [0.1, 0.15) is 18.5 Å². The quantitative estimate of drug-likeness (QED) is 0.684. The Morgan fingerprint density at radius 3 is 2.95 bits per heavy atom. The van der Waals surface area contributed by atoms with Crippen molar-refractivity contribution in [2.45, 2.75) is 32.0 Å². The number of hydrogen-bond donors (Lipinski definition) is 4. The second-order valence-electron chi connectivity index (χ2n) is 4.90. The summed E-state index contributed by atoms with van der Waals surface area (Å²) in [6.45, 7) is -1.69. The van der Waals surface area contributed by atoms with Crippen molar-refractivity contribution in [1.29, 1.82) is 0 Å². The SMILES string of the molecule is O=C(NCc1cc2cnccc2[nH]1)C1CCCN1.OC(F)F. The fraction of sp³-hybridized carbons (Fsp3) is 0.429. The maximum Gasteiger partial charge on any atom is 0.342 e. The number of carbonyl (C=O) groups is 1. The van der Waals surface area contributed by atoms with Gasteiger partial charge in [0.15, 0.2) is 0 Å². The first-order chi connectivity index (χ1) is 10.6. The van der Waals surface area contributed by atoms with Crippen LogP contribution in [0.15, 0.2) is 24.5 Å². The number of hydrogen-bond acceptors (Lipinski definition) is 4. The number of aromatic amines is 1. The summed E-state index contributed by atoms with van der Waals surface area (Å²) in [4.78, 5) is 19.2. The van der Waals surface area contributed by atoms with Crippen LogP contribution in [0.3, 0.4) is 0 Å². The number of nitrogens with zero attached hydrogens (tertiary/aromatic N) is 1. The maximum atomic E-state index is 11.8. The Balaban J connectivity index is 0.000000396. The van der Waals surface area contributed by atoms with E-state index in [0.29, 0.717) is 6.54 Å². The number of alkyl halides is 2. The molecule has 2 aromatic heterocycles. The molecule has 0 saturated carbocycles. The first kappa shape index (κ1) is 16.3. The summed E-state index contributed by atoms with van der Waals surface area (Å²) in [7, 11) is 0. The standard InChI is InChI=1S/C13H16N4O.CH2F2O/c18-13(12-2-1-4-15-12)16-8-10-6-9-7-14-5-3-11(9)17-10;2-1(3)4/h3,5-7,12,15,17H,1-2,4,8H2,(H,16,18);1,4H. The molecule has 1 unspecified atom stereocenters. The van der Waals surface area contributed by atoms with Crippen molar-refractivity contribution < 1.29 is 18.7 Å². The summed E-state index contributed by atoms with van der Waals surface area (Å²) in [5.41, 5.74) is 2.05. The normalized spacial score (nSPS) is 17.4. The molecule has 6 nitrogen and oxygen atoms in total. The third kappa shape index (κ3) is 4.74. The Hall–Kier alpha value is -2.06. The van der Waals surface area contributed by atoms with Gasteiger partial charge in [-0.05, 0) is 31.5 Å². The van der Waals surface area contributed by atoms with Gasteiger partial charge in [0.05, 0.1) is 12.6 Å². The Morgan fingerprint density at radius 2 is 2.32 bits per heavy atom. The third-order valence-corrected chi connectivity index (χ3v) is 3.31. The molecule has 0 aromatic carbocycles. The van der Waals surface area contributed by atoms with Crippen LogP contribution in [0.2, 0.25) is 0 Å². The zero-order valence-corrected chi connectivity index (χ0v) is 11.9. The molecule has 120 valence electrons. The van der Waals surface area contributed by atoms with Gasteiger partial charge in [-0.15, -0.1) is 0 Å². The van der Waals surface area contributed by atoms with E-state index < -0.39 is 6.61 Å². The van der Waals surface area contributed by atoms with E-state index in [2.05, 4.69) is 20.6 Å². The molecule has 0 radical (unpaired) electrons. The lowest BCUT2D eigenvalue weighted by atomic mass is 10.2. The van der Waals surface area contributed by atoms with Crippen LogP contribution < -0.4 is 10.6 Å². The fourth-order valence-electron chi connectivity index (χ4n) is 2.34. The van der Waals surface area contributed by atoms with Gasteiger partial charge in [0, 0.05) is 29.0 Å². The van der Waals surface area contributed by atoms with Crippen LogP contribution >= 0.6 is 0 Å². The van der Waals surface area contributed by atoms with Gasteiger partial charge in [0.25, 0.3) is 0 Å². The molecular weight excluding hydrogens is 294 g/mol. The molecular formula is C14H18F2N4O2. The molecule has 1 saturated heterocycles. The van der Waals surface area contributed by atoms with Crippen LogP contribution in [-0.2, 0) is 11.3 Å². The first-order valence-corrected chi connectivity index (χ1v) is 6.95. The number of nitrogens with one attached hydrogen (secondary N) is 3. The minimum absolute atomic E-state index is 0.0176. The maximum absolute atomic E-state index is 11.8. The highest BCUT2D eigenvalue weighted by Crippen LogP contribution is 2.13. The molecule has 8 heteroatoms. The highest BCUT2D eigenvalue weighted by molar-refractivity contribution is 5.82. The van der Waals surface area contributed by atoms with E-state index in [1.54, 1.807) is 6.20 Å². The number of aliphatic hydroxyl groups excluding tert-OH is 1. The van der Waals surface area contributed by atoms with Gasteiger partial charge in [-0.3, -0.25) is 9.78 Å². The lowest BCUT2D eigenvalue weighted by Crippen LogP contribution is -2.40. The zero-order valence-electron chi connectivity index (χ0n) is 11.9. The Bertz CT molecular complexity index is 576. The van der Waals surface area contributed by atoms with Gasteiger partial charge in [-0.25, -0.2) is 0 Å². The number of aliphatic hydroxyl groups is 1. The number of fused-ring (bicyclic) bond motifs is 1. The zero-order chi connectivity index (χ0) is 15.9. The van der Waals surface area contributed by atoms with E-state index in [9.17, 15) is 13.6 Å². The van der Waals surface area contributed by atoms with Gasteiger partial charge >= 0.3 is 6.61 Å². The van der Waals surface area contributed by atoms with E-state index >= 15 is 0 Å². The summed E-state index contributed by atoms with van der Waals surface area (Å²) in [6, 6.07) is 3.93. The predicted molar refractivity (Wildman–Crippen MR) is 77.2 cm³/mol. The largest absolute Gasteiger partial charge is 0.357 e. The lowest BCUT2D eigenvalue weighted by molar-refractivity contribution is -0.122. The molecule has 0 spiro atoms. The molecule has 3 heterocycles. The van der Waals surface area contributed by atoms with Crippen molar-refractivity contribution in [2.24, 2.45) is 0 Å². The Morgan fingerprint density at radius 1 is 1.55 bits per heavy atom. The number of rotatable bonds is 3. The number of pyridine rings is 1. The second kappa shape index (κ2) is 7.81. The molecule has 22 heavy (non-hydrogen) atoms. The molecule has 3 rings (SSSR count). The van der Waals surface area contributed by atoms with Gasteiger partial charge in [-0.1, -0.05) is 0 Å². The Kier molecular flexibility index (Phi) is 5.79. The average molecular weight is 312 g/mol. The molecule has 1 amide bonds. The summed E-state index contributed by atoms with van der Waals surface area (Å²) in [5.74, 6) is 0.0873. The number of carbonyl (C=O) groups excluding carboxylic acids is 1.